The number of carbonyl (C=O) groups is 2. The number of nitrogens with zero attached hydrogens (tertiary/aromatic N) is 2. The van der Waals surface area contributed by atoms with Crippen molar-refractivity contribution in [2.24, 2.45) is 5.41 Å². The van der Waals surface area contributed by atoms with Crippen LogP contribution in [0.15, 0.2) is 42.5 Å². The van der Waals surface area contributed by atoms with Crippen LogP contribution in [0.5, 0.6) is 0 Å². The predicted octanol–water partition coefficient (Wildman–Crippen LogP) is 2.94. The van der Waals surface area contributed by atoms with E-state index in [0.29, 0.717) is 26.2 Å². The van der Waals surface area contributed by atoms with E-state index in [-0.39, 0.29) is 11.9 Å². The molecule has 1 unspecified atom stereocenters. The SMILES string of the molecule is COCCN1CCC2(CCN(C(=O)Nc3cccc4ccccc34)C2)C1=O. The first-order valence-corrected chi connectivity index (χ1v) is 9.45. The van der Waals surface area contributed by atoms with Crippen LogP contribution in [0, 0.1) is 5.41 Å². The van der Waals surface area contributed by atoms with Crippen LogP contribution in [-0.2, 0) is 9.53 Å². The summed E-state index contributed by atoms with van der Waals surface area (Å²) in [6.07, 6.45) is 1.55. The summed E-state index contributed by atoms with van der Waals surface area (Å²) in [7, 11) is 1.64. The second kappa shape index (κ2) is 7.19. The van der Waals surface area contributed by atoms with E-state index < -0.39 is 5.41 Å². The minimum Gasteiger partial charge on any atom is -0.383 e. The van der Waals surface area contributed by atoms with Gasteiger partial charge < -0.3 is 19.9 Å². The highest BCUT2D eigenvalue weighted by molar-refractivity contribution is 6.01. The first-order chi connectivity index (χ1) is 13.1. The third kappa shape index (κ3) is 3.25. The summed E-state index contributed by atoms with van der Waals surface area (Å²) >= 11 is 0. The molecule has 1 N–H and O–H groups in total. The fraction of sp³-hybridized carbons (Fsp3) is 0.429. The standard InChI is InChI=1S/C21H25N3O3/c1-27-14-13-23-11-9-21(19(23)25)10-12-24(15-21)20(26)22-18-8-4-6-16-5-2-3-7-17(16)18/h2-8H,9-15H2,1H3,(H,22,26). The number of carbonyl (C=O) groups excluding carboxylic acids is 2. The van der Waals surface area contributed by atoms with Crippen LogP contribution < -0.4 is 5.32 Å². The zero-order valence-corrected chi connectivity index (χ0v) is 15.6. The molecule has 142 valence electrons. The fourth-order valence-corrected chi connectivity index (χ4v) is 4.26. The van der Waals surface area contributed by atoms with Gasteiger partial charge >= 0.3 is 6.03 Å². The minimum atomic E-state index is -0.413. The van der Waals surface area contributed by atoms with Crippen molar-refractivity contribution in [1.29, 1.82) is 0 Å². The van der Waals surface area contributed by atoms with Gasteiger partial charge in [-0.25, -0.2) is 4.79 Å². The molecule has 2 aromatic carbocycles. The van der Waals surface area contributed by atoms with Crippen LogP contribution in [0.1, 0.15) is 12.8 Å². The molecule has 0 saturated carbocycles. The Morgan fingerprint density at radius 1 is 1.15 bits per heavy atom. The summed E-state index contributed by atoms with van der Waals surface area (Å²) in [4.78, 5) is 29.3. The number of fused-ring (bicyclic) bond motifs is 1. The van der Waals surface area contributed by atoms with E-state index in [2.05, 4.69) is 5.32 Å². The van der Waals surface area contributed by atoms with E-state index in [1.807, 2.05) is 47.4 Å². The van der Waals surface area contributed by atoms with Crippen LogP contribution in [0.2, 0.25) is 0 Å². The van der Waals surface area contributed by atoms with Gasteiger partial charge in [0.05, 0.1) is 17.7 Å². The zero-order valence-electron chi connectivity index (χ0n) is 15.6. The Hall–Kier alpha value is -2.60. The van der Waals surface area contributed by atoms with Crippen molar-refractivity contribution in [3.8, 4) is 0 Å². The van der Waals surface area contributed by atoms with Crippen molar-refractivity contribution >= 4 is 28.4 Å². The molecule has 2 saturated heterocycles. The Morgan fingerprint density at radius 2 is 1.93 bits per heavy atom. The summed E-state index contributed by atoms with van der Waals surface area (Å²) in [5, 5.41) is 5.14. The molecule has 3 amide bonds. The Bertz CT molecular complexity index is 863. The number of rotatable bonds is 4. The monoisotopic (exact) mass is 367 g/mol. The van der Waals surface area contributed by atoms with Gasteiger partial charge in [-0.15, -0.1) is 0 Å². The van der Waals surface area contributed by atoms with Crippen molar-refractivity contribution in [1.82, 2.24) is 9.80 Å². The third-order valence-electron chi connectivity index (χ3n) is 5.84. The summed E-state index contributed by atoms with van der Waals surface area (Å²) in [5.74, 6) is 0.167. The fourth-order valence-electron chi connectivity index (χ4n) is 4.26. The van der Waals surface area contributed by atoms with E-state index >= 15 is 0 Å². The molecule has 2 heterocycles. The molecule has 1 atom stereocenters. The molecule has 6 nitrogen and oxygen atoms in total. The molecule has 4 rings (SSSR count). The predicted molar refractivity (Wildman–Crippen MR) is 105 cm³/mol. The Kier molecular flexibility index (Phi) is 4.74. The van der Waals surface area contributed by atoms with Crippen molar-refractivity contribution < 1.29 is 14.3 Å². The lowest BCUT2D eigenvalue weighted by molar-refractivity contribution is -0.135. The van der Waals surface area contributed by atoms with Crippen LogP contribution >= 0.6 is 0 Å². The maximum Gasteiger partial charge on any atom is 0.321 e. The molecule has 0 aliphatic carbocycles. The quantitative estimate of drug-likeness (QED) is 0.904. The van der Waals surface area contributed by atoms with Gasteiger partial charge in [0, 0.05) is 38.7 Å². The number of nitrogens with one attached hydrogen (secondary N) is 1. The lowest BCUT2D eigenvalue weighted by Crippen LogP contribution is -2.40. The van der Waals surface area contributed by atoms with E-state index in [1.54, 1.807) is 12.0 Å². The van der Waals surface area contributed by atoms with Gasteiger partial charge in [0.25, 0.3) is 0 Å². The Balaban J connectivity index is 1.45. The van der Waals surface area contributed by atoms with Gasteiger partial charge in [0.15, 0.2) is 0 Å². The number of hydrogen-bond donors (Lipinski definition) is 1. The van der Waals surface area contributed by atoms with E-state index in [9.17, 15) is 9.59 Å². The molecule has 2 aliphatic heterocycles. The lowest BCUT2D eigenvalue weighted by atomic mass is 9.85. The van der Waals surface area contributed by atoms with Gasteiger partial charge in [-0.2, -0.15) is 0 Å². The highest BCUT2D eigenvalue weighted by atomic mass is 16.5. The van der Waals surface area contributed by atoms with E-state index in [4.69, 9.17) is 4.74 Å². The number of ether oxygens (including phenoxy) is 1. The van der Waals surface area contributed by atoms with E-state index in [1.165, 1.54) is 0 Å². The summed E-state index contributed by atoms with van der Waals surface area (Å²) in [6, 6.07) is 13.7. The van der Waals surface area contributed by atoms with Crippen LogP contribution in [-0.4, -0.2) is 61.6 Å². The molecule has 0 bridgehead atoms. The molecule has 0 radical (unpaired) electrons. The maximum atomic E-state index is 12.8. The van der Waals surface area contributed by atoms with Crippen molar-refractivity contribution in [2.75, 3.05) is 45.2 Å². The molecule has 0 aromatic heterocycles. The molecule has 1 spiro atoms. The van der Waals surface area contributed by atoms with E-state index in [0.717, 1.165) is 35.8 Å². The number of hydrogen-bond acceptors (Lipinski definition) is 3. The van der Waals surface area contributed by atoms with Gasteiger partial charge in [-0.05, 0) is 24.3 Å². The van der Waals surface area contributed by atoms with Crippen LogP contribution in [0.4, 0.5) is 10.5 Å². The minimum absolute atomic E-state index is 0.133. The van der Waals surface area contributed by atoms with Crippen LogP contribution in [0.3, 0.4) is 0 Å². The molecule has 2 fully saturated rings. The summed E-state index contributed by atoms with van der Waals surface area (Å²) < 4.78 is 5.10. The molecule has 6 heteroatoms. The smallest absolute Gasteiger partial charge is 0.321 e. The second-order valence-corrected chi connectivity index (χ2v) is 7.44. The lowest BCUT2D eigenvalue weighted by Gasteiger charge is -2.24. The second-order valence-electron chi connectivity index (χ2n) is 7.44. The Morgan fingerprint density at radius 3 is 2.78 bits per heavy atom. The highest BCUT2D eigenvalue weighted by Crippen LogP contribution is 2.40. The number of likely N-dealkylation sites (tertiary alicyclic amines) is 2. The molecule has 2 aromatic rings. The molecule has 27 heavy (non-hydrogen) atoms. The van der Waals surface area contributed by atoms with Gasteiger partial charge in [0.2, 0.25) is 5.91 Å². The van der Waals surface area contributed by atoms with Gasteiger partial charge in [-0.1, -0.05) is 36.4 Å². The average molecular weight is 367 g/mol. The first kappa shape index (κ1) is 17.8. The summed E-state index contributed by atoms with van der Waals surface area (Å²) in [5.41, 5.74) is 0.391. The molecular formula is C21H25N3O3. The molecular weight excluding hydrogens is 342 g/mol. The highest BCUT2D eigenvalue weighted by Gasteiger charge is 2.51. The number of benzene rings is 2. The van der Waals surface area contributed by atoms with Gasteiger partial charge in [0.1, 0.15) is 0 Å². The maximum absolute atomic E-state index is 12.8. The van der Waals surface area contributed by atoms with Crippen molar-refractivity contribution in [2.45, 2.75) is 12.8 Å². The number of amides is 3. The molecule has 2 aliphatic rings. The zero-order chi connectivity index (χ0) is 18.9. The largest absolute Gasteiger partial charge is 0.383 e. The average Bonchev–Trinajstić information content (AvgIpc) is 3.26. The number of methoxy groups -OCH3 is 1. The third-order valence-corrected chi connectivity index (χ3v) is 5.84. The van der Waals surface area contributed by atoms with Crippen molar-refractivity contribution in [3.63, 3.8) is 0 Å². The first-order valence-electron chi connectivity index (χ1n) is 9.45. The topological polar surface area (TPSA) is 61.9 Å². The van der Waals surface area contributed by atoms with Gasteiger partial charge in [-0.3, -0.25) is 4.79 Å². The van der Waals surface area contributed by atoms with Crippen molar-refractivity contribution in [3.05, 3.63) is 42.5 Å². The van der Waals surface area contributed by atoms with Crippen LogP contribution in [0.25, 0.3) is 10.8 Å². The normalized spacial score (nSPS) is 22.2. The summed E-state index contributed by atoms with van der Waals surface area (Å²) in [6.45, 7) is 3.03. The number of anilines is 1. The number of urea groups is 1. The Labute approximate surface area is 159 Å².